The van der Waals surface area contributed by atoms with Crippen LogP contribution in [0.25, 0.3) is 28.1 Å². The van der Waals surface area contributed by atoms with Crippen LogP contribution in [0.15, 0.2) is 60.8 Å². The van der Waals surface area contributed by atoms with Gasteiger partial charge in [-0.1, -0.05) is 12.1 Å². The Morgan fingerprint density at radius 1 is 0.850 bits per heavy atom. The zero-order valence-corrected chi connectivity index (χ0v) is 10.5. The highest BCUT2D eigenvalue weighted by molar-refractivity contribution is 5.79. The summed E-state index contributed by atoms with van der Waals surface area (Å²) in [5.41, 5.74) is 3.60. The summed E-state index contributed by atoms with van der Waals surface area (Å²) < 4.78 is 14.9. The molecule has 0 unspecified atom stereocenters. The first-order valence-corrected chi connectivity index (χ1v) is 6.31. The maximum Gasteiger partial charge on any atom is 0.235 e. The predicted molar refractivity (Wildman–Crippen MR) is 75.9 cm³/mol. The van der Waals surface area contributed by atoms with Gasteiger partial charge in [0.2, 0.25) is 5.78 Å². The van der Waals surface area contributed by atoms with Gasteiger partial charge in [0.25, 0.3) is 0 Å². The predicted octanol–water partition coefficient (Wildman–Crippen LogP) is 3.69. The zero-order chi connectivity index (χ0) is 13.5. The minimum Gasteiger partial charge on any atom is -0.284 e. The number of hydrogen-bond donors (Lipinski definition) is 0. The molecule has 0 spiro atoms. The number of hydrogen-bond acceptors (Lipinski definition) is 2. The molecule has 0 atom stereocenters. The van der Waals surface area contributed by atoms with Crippen LogP contribution in [-0.2, 0) is 0 Å². The summed E-state index contributed by atoms with van der Waals surface area (Å²) in [5, 5.41) is 0. The second-order valence-corrected chi connectivity index (χ2v) is 4.59. The summed E-state index contributed by atoms with van der Waals surface area (Å²) in [6.45, 7) is 0. The molecule has 0 fully saturated rings. The van der Waals surface area contributed by atoms with Gasteiger partial charge in [-0.2, -0.15) is 0 Å². The average molecular weight is 263 g/mol. The van der Waals surface area contributed by atoms with Gasteiger partial charge in [0.15, 0.2) is 0 Å². The number of benzene rings is 2. The van der Waals surface area contributed by atoms with E-state index in [9.17, 15) is 4.39 Å². The van der Waals surface area contributed by atoms with Crippen LogP contribution in [0.5, 0.6) is 0 Å². The molecule has 0 N–H and O–H groups in total. The molecule has 0 bridgehead atoms. The first-order valence-electron chi connectivity index (χ1n) is 6.31. The lowest BCUT2D eigenvalue weighted by Crippen LogP contribution is -1.91. The van der Waals surface area contributed by atoms with E-state index < -0.39 is 0 Å². The normalized spacial score (nSPS) is 11.2. The topological polar surface area (TPSA) is 30.2 Å². The van der Waals surface area contributed by atoms with Crippen molar-refractivity contribution in [2.24, 2.45) is 0 Å². The van der Waals surface area contributed by atoms with Crippen LogP contribution in [0.1, 0.15) is 0 Å². The van der Waals surface area contributed by atoms with E-state index in [1.165, 1.54) is 12.1 Å². The van der Waals surface area contributed by atoms with Crippen molar-refractivity contribution in [1.82, 2.24) is 14.4 Å². The molecule has 2 aromatic heterocycles. The Morgan fingerprint density at radius 2 is 1.65 bits per heavy atom. The van der Waals surface area contributed by atoms with Crippen molar-refractivity contribution in [3.8, 4) is 11.3 Å². The molecular formula is C16H10FN3. The van der Waals surface area contributed by atoms with Crippen LogP contribution in [0.2, 0.25) is 0 Å². The van der Waals surface area contributed by atoms with Crippen LogP contribution in [-0.4, -0.2) is 14.4 Å². The van der Waals surface area contributed by atoms with Gasteiger partial charge in [-0.15, -0.1) is 0 Å². The maximum atomic E-state index is 13.0. The third kappa shape index (κ3) is 1.66. The average Bonchev–Trinajstić information content (AvgIpc) is 2.85. The van der Waals surface area contributed by atoms with Crippen molar-refractivity contribution < 1.29 is 4.39 Å². The zero-order valence-electron chi connectivity index (χ0n) is 10.5. The molecule has 0 saturated heterocycles. The van der Waals surface area contributed by atoms with Gasteiger partial charge >= 0.3 is 0 Å². The molecular weight excluding hydrogens is 253 g/mol. The summed E-state index contributed by atoms with van der Waals surface area (Å²) in [5.74, 6) is 0.398. The quantitative estimate of drug-likeness (QED) is 0.524. The number of fused-ring (bicyclic) bond motifs is 3. The minimum absolute atomic E-state index is 0.249. The third-order valence-electron chi connectivity index (χ3n) is 3.32. The van der Waals surface area contributed by atoms with Gasteiger partial charge in [0.05, 0.1) is 16.7 Å². The van der Waals surface area contributed by atoms with Crippen LogP contribution >= 0.6 is 0 Å². The van der Waals surface area contributed by atoms with Crippen LogP contribution in [0, 0.1) is 5.82 Å². The fourth-order valence-electron chi connectivity index (χ4n) is 2.33. The van der Waals surface area contributed by atoms with Gasteiger partial charge in [-0.05, 0) is 42.5 Å². The lowest BCUT2D eigenvalue weighted by molar-refractivity contribution is 0.628. The summed E-state index contributed by atoms with van der Waals surface area (Å²) in [4.78, 5) is 9.04. The molecule has 3 nitrogen and oxygen atoms in total. The number of rotatable bonds is 1. The number of para-hydroxylation sites is 2. The molecule has 0 aliphatic heterocycles. The lowest BCUT2D eigenvalue weighted by atomic mass is 10.1. The van der Waals surface area contributed by atoms with Gasteiger partial charge < -0.3 is 0 Å². The fraction of sp³-hybridized carbons (Fsp3) is 0. The second-order valence-electron chi connectivity index (χ2n) is 4.59. The maximum absolute atomic E-state index is 13.0. The number of halogens is 1. The van der Waals surface area contributed by atoms with E-state index in [1.54, 1.807) is 12.1 Å². The van der Waals surface area contributed by atoms with Crippen molar-refractivity contribution in [3.05, 3.63) is 66.6 Å². The molecule has 20 heavy (non-hydrogen) atoms. The van der Waals surface area contributed by atoms with E-state index in [4.69, 9.17) is 0 Å². The summed E-state index contributed by atoms with van der Waals surface area (Å²) in [7, 11) is 0. The molecule has 2 heterocycles. The number of aromatic nitrogens is 3. The van der Waals surface area contributed by atoms with Gasteiger partial charge in [0.1, 0.15) is 5.82 Å². The molecule has 0 amide bonds. The molecule has 4 aromatic rings. The molecule has 4 heteroatoms. The Hall–Kier alpha value is -2.75. The standard InChI is InChI=1S/C16H10FN3/c17-12-7-5-11(6-8-12)13-9-10-20-15-4-2-1-3-14(15)19-16(20)18-13/h1-10H. The lowest BCUT2D eigenvalue weighted by Gasteiger charge is -2.01. The minimum atomic E-state index is -0.249. The van der Waals surface area contributed by atoms with Crippen molar-refractivity contribution in [1.29, 1.82) is 0 Å². The Bertz CT molecular complexity index is 910. The fourth-order valence-corrected chi connectivity index (χ4v) is 2.33. The van der Waals surface area contributed by atoms with Gasteiger partial charge in [-0.3, -0.25) is 4.40 Å². The summed E-state index contributed by atoms with van der Waals surface area (Å²) in [6, 6.07) is 16.1. The van der Waals surface area contributed by atoms with Gasteiger partial charge in [-0.25, -0.2) is 14.4 Å². The van der Waals surface area contributed by atoms with E-state index in [1.807, 2.05) is 40.9 Å². The van der Waals surface area contributed by atoms with E-state index >= 15 is 0 Å². The Kier molecular flexibility index (Phi) is 2.29. The van der Waals surface area contributed by atoms with Crippen molar-refractivity contribution in [2.75, 3.05) is 0 Å². The van der Waals surface area contributed by atoms with E-state index in [0.29, 0.717) is 5.78 Å². The monoisotopic (exact) mass is 263 g/mol. The molecule has 0 aliphatic carbocycles. The molecule has 0 radical (unpaired) electrons. The summed E-state index contributed by atoms with van der Waals surface area (Å²) in [6.07, 6.45) is 1.94. The van der Waals surface area contributed by atoms with Crippen LogP contribution in [0.4, 0.5) is 4.39 Å². The first kappa shape index (κ1) is 11.1. The molecule has 4 rings (SSSR count). The number of nitrogens with zero attached hydrogens (tertiary/aromatic N) is 3. The highest BCUT2D eigenvalue weighted by Gasteiger charge is 2.06. The second kappa shape index (κ2) is 4.13. The van der Waals surface area contributed by atoms with E-state index in [-0.39, 0.29) is 5.82 Å². The molecule has 0 saturated carbocycles. The molecule has 2 aromatic carbocycles. The highest BCUT2D eigenvalue weighted by Crippen LogP contribution is 2.20. The third-order valence-corrected chi connectivity index (χ3v) is 3.32. The molecule has 96 valence electrons. The Morgan fingerprint density at radius 3 is 2.50 bits per heavy atom. The van der Waals surface area contributed by atoms with Crippen molar-refractivity contribution in [3.63, 3.8) is 0 Å². The van der Waals surface area contributed by atoms with Crippen molar-refractivity contribution in [2.45, 2.75) is 0 Å². The highest BCUT2D eigenvalue weighted by atomic mass is 19.1. The molecule has 0 aliphatic rings. The van der Waals surface area contributed by atoms with E-state index in [2.05, 4.69) is 9.97 Å². The largest absolute Gasteiger partial charge is 0.284 e. The smallest absolute Gasteiger partial charge is 0.235 e. The summed E-state index contributed by atoms with van der Waals surface area (Å²) >= 11 is 0. The van der Waals surface area contributed by atoms with Crippen LogP contribution < -0.4 is 0 Å². The van der Waals surface area contributed by atoms with Crippen molar-refractivity contribution >= 4 is 16.8 Å². The first-order chi connectivity index (χ1) is 9.81. The Balaban J connectivity index is 1.94. The van der Waals surface area contributed by atoms with Gasteiger partial charge in [0, 0.05) is 11.8 Å². The van der Waals surface area contributed by atoms with Crippen LogP contribution in [0.3, 0.4) is 0 Å². The SMILES string of the molecule is Fc1ccc(-c2ccn3c(n2)nc2ccccc23)cc1. The number of imidazole rings is 1. The Labute approximate surface area is 114 Å². The van der Waals surface area contributed by atoms with E-state index in [0.717, 1.165) is 22.3 Å².